The number of sulfone groups is 1. The Morgan fingerprint density at radius 3 is 2.53 bits per heavy atom. The van der Waals surface area contributed by atoms with E-state index < -0.39 is 15.1 Å². The van der Waals surface area contributed by atoms with Crippen molar-refractivity contribution in [3.05, 3.63) is 41.5 Å². The fourth-order valence-corrected chi connectivity index (χ4v) is 2.52. The number of hydrogen-bond acceptors (Lipinski definition) is 3. The summed E-state index contributed by atoms with van der Waals surface area (Å²) in [6, 6.07) is 4.47. The molecule has 0 saturated heterocycles. The third-order valence-corrected chi connectivity index (χ3v) is 3.66. The first-order chi connectivity index (χ1) is 7.86. The summed E-state index contributed by atoms with van der Waals surface area (Å²) in [7, 11) is -3.36. The summed E-state index contributed by atoms with van der Waals surface area (Å²) < 4.78 is 23.2. The van der Waals surface area contributed by atoms with Crippen LogP contribution in [0, 0.1) is 0 Å². The van der Waals surface area contributed by atoms with Crippen LogP contribution in [-0.4, -0.2) is 19.9 Å². The van der Waals surface area contributed by atoms with Gasteiger partial charge in [-0.1, -0.05) is 18.2 Å². The fourth-order valence-electron chi connectivity index (χ4n) is 1.44. The van der Waals surface area contributed by atoms with Gasteiger partial charge in [0, 0.05) is 11.8 Å². The molecule has 1 aromatic carbocycles. The Morgan fingerprint density at radius 1 is 1.41 bits per heavy atom. The number of halogens is 1. The first kappa shape index (κ1) is 13.9. The van der Waals surface area contributed by atoms with Gasteiger partial charge in [0.15, 0.2) is 9.84 Å². The van der Waals surface area contributed by atoms with Crippen LogP contribution < -0.4 is 0 Å². The lowest BCUT2D eigenvalue weighted by molar-refractivity contribution is 0.108. The van der Waals surface area contributed by atoms with Gasteiger partial charge in [-0.15, -0.1) is 0 Å². The Morgan fingerprint density at radius 2 is 2.06 bits per heavy atom. The second-order valence-electron chi connectivity index (χ2n) is 3.64. The van der Waals surface area contributed by atoms with Gasteiger partial charge in [0.25, 0.3) is 5.24 Å². The highest BCUT2D eigenvalue weighted by Gasteiger charge is 2.15. The summed E-state index contributed by atoms with van der Waals surface area (Å²) in [6.07, 6.45) is 5.32. The van der Waals surface area contributed by atoms with E-state index in [2.05, 4.69) is 0 Å². The molecule has 0 spiro atoms. The lowest BCUT2D eigenvalue weighted by Crippen LogP contribution is -2.04. The van der Waals surface area contributed by atoms with Crippen LogP contribution in [0.15, 0.2) is 35.2 Å². The van der Waals surface area contributed by atoms with Crippen molar-refractivity contribution in [3.63, 3.8) is 0 Å². The quantitative estimate of drug-likeness (QED) is 0.625. The van der Waals surface area contributed by atoms with E-state index in [0.717, 1.165) is 6.26 Å². The number of allylic oxidation sites excluding steroid dienone is 2. The number of benzene rings is 1. The molecule has 1 rings (SSSR count). The number of carbonyl (C=O) groups is 1. The van der Waals surface area contributed by atoms with E-state index >= 15 is 0 Å². The van der Waals surface area contributed by atoms with Crippen LogP contribution in [0.5, 0.6) is 0 Å². The van der Waals surface area contributed by atoms with E-state index in [4.69, 9.17) is 11.6 Å². The second-order valence-corrected chi connectivity index (χ2v) is 5.97. The summed E-state index contributed by atoms with van der Waals surface area (Å²) in [6.45, 7) is 1.86. The van der Waals surface area contributed by atoms with Crippen molar-refractivity contribution in [2.24, 2.45) is 0 Å². The van der Waals surface area contributed by atoms with Gasteiger partial charge in [0.05, 0.1) is 4.90 Å². The molecule has 0 atom stereocenters. The van der Waals surface area contributed by atoms with Crippen LogP contribution >= 0.6 is 11.6 Å². The van der Waals surface area contributed by atoms with Crippen LogP contribution in [0.4, 0.5) is 0 Å². The molecule has 1 aromatic rings. The van der Waals surface area contributed by atoms with Gasteiger partial charge in [-0.25, -0.2) is 8.42 Å². The maximum atomic E-state index is 11.6. The summed E-state index contributed by atoms with van der Waals surface area (Å²) in [5, 5.41) is -0.660. The summed E-state index contributed by atoms with van der Waals surface area (Å²) in [5.41, 5.74) is 0.851. The number of carbonyl (C=O) groups excluding carboxylic acids is 1. The Hall–Kier alpha value is -1.13. The predicted molar refractivity (Wildman–Crippen MR) is 68.3 cm³/mol. The minimum Gasteiger partial charge on any atom is -0.276 e. The molecule has 0 aliphatic carbocycles. The summed E-state index contributed by atoms with van der Waals surface area (Å²) in [4.78, 5) is 11.2. The van der Waals surface area contributed by atoms with Crippen molar-refractivity contribution in [1.82, 2.24) is 0 Å². The molecular formula is C12H13ClO3S. The Labute approximate surface area is 106 Å². The second kappa shape index (κ2) is 5.47. The molecule has 0 amide bonds. The average molecular weight is 273 g/mol. The third kappa shape index (κ3) is 3.68. The van der Waals surface area contributed by atoms with Crippen molar-refractivity contribution >= 4 is 26.7 Å². The molecule has 0 unspecified atom stereocenters. The van der Waals surface area contributed by atoms with E-state index in [0.29, 0.717) is 12.0 Å². The Balaban J connectivity index is 3.37. The van der Waals surface area contributed by atoms with Crippen molar-refractivity contribution in [2.45, 2.75) is 18.2 Å². The number of hydrogen-bond donors (Lipinski definition) is 0. The SMILES string of the molecule is C/C=C/Cc1ccc(C(=O)Cl)cc1S(C)(=O)=O. The molecule has 17 heavy (non-hydrogen) atoms. The van der Waals surface area contributed by atoms with E-state index in [1.54, 1.807) is 6.07 Å². The molecular weight excluding hydrogens is 260 g/mol. The van der Waals surface area contributed by atoms with Gasteiger partial charge in [0.2, 0.25) is 0 Å². The maximum absolute atomic E-state index is 11.6. The lowest BCUT2D eigenvalue weighted by atomic mass is 10.1. The molecule has 0 bridgehead atoms. The van der Waals surface area contributed by atoms with E-state index in [1.165, 1.54) is 12.1 Å². The van der Waals surface area contributed by atoms with Gasteiger partial charge >= 0.3 is 0 Å². The first-order valence-corrected chi connectivity index (χ1v) is 7.27. The van der Waals surface area contributed by atoms with Crippen molar-refractivity contribution in [3.8, 4) is 0 Å². The van der Waals surface area contributed by atoms with E-state index in [-0.39, 0.29) is 10.5 Å². The largest absolute Gasteiger partial charge is 0.276 e. The minimum atomic E-state index is -3.36. The summed E-state index contributed by atoms with van der Waals surface area (Å²) in [5.74, 6) is 0. The highest BCUT2D eigenvalue weighted by atomic mass is 35.5. The standard InChI is InChI=1S/C12H13ClO3S/c1-3-4-5-9-6-7-10(12(13)14)8-11(9)17(2,15)16/h3-4,6-8H,5H2,1-2H3/b4-3+. The Bertz CT molecular complexity index is 559. The molecule has 0 aromatic heterocycles. The topological polar surface area (TPSA) is 51.2 Å². The minimum absolute atomic E-state index is 0.155. The van der Waals surface area contributed by atoms with Crippen molar-refractivity contribution < 1.29 is 13.2 Å². The van der Waals surface area contributed by atoms with Gasteiger partial charge in [-0.05, 0) is 42.6 Å². The van der Waals surface area contributed by atoms with E-state index in [1.807, 2.05) is 19.1 Å². The molecule has 0 heterocycles. The zero-order chi connectivity index (χ0) is 13.1. The van der Waals surface area contributed by atoms with Crippen LogP contribution in [0.1, 0.15) is 22.8 Å². The first-order valence-electron chi connectivity index (χ1n) is 5.00. The Kier molecular flexibility index (Phi) is 4.48. The molecule has 5 heteroatoms. The molecule has 0 radical (unpaired) electrons. The van der Waals surface area contributed by atoms with E-state index in [9.17, 15) is 13.2 Å². The molecule has 3 nitrogen and oxygen atoms in total. The zero-order valence-corrected chi connectivity index (χ0v) is 11.2. The van der Waals surface area contributed by atoms with Crippen molar-refractivity contribution in [2.75, 3.05) is 6.26 Å². The van der Waals surface area contributed by atoms with Gasteiger partial charge < -0.3 is 0 Å². The monoisotopic (exact) mass is 272 g/mol. The molecule has 92 valence electrons. The maximum Gasteiger partial charge on any atom is 0.252 e. The fraction of sp³-hybridized carbons (Fsp3) is 0.250. The predicted octanol–water partition coefficient (Wildman–Crippen LogP) is 2.59. The molecule has 0 aliphatic heterocycles. The van der Waals surface area contributed by atoms with Crippen molar-refractivity contribution in [1.29, 1.82) is 0 Å². The molecule has 0 N–H and O–H groups in total. The molecule has 0 fully saturated rings. The highest BCUT2D eigenvalue weighted by molar-refractivity contribution is 7.90. The van der Waals surface area contributed by atoms with Crippen LogP contribution in [0.3, 0.4) is 0 Å². The molecule has 0 saturated carbocycles. The van der Waals surface area contributed by atoms with Gasteiger partial charge in [-0.2, -0.15) is 0 Å². The van der Waals surface area contributed by atoms with Gasteiger partial charge in [-0.3, -0.25) is 4.79 Å². The zero-order valence-electron chi connectivity index (χ0n) is 9.60. The average Bonchev–Trinajstić information content (AvgIpc) is 2.24. The normalized spacial score (nSPS) is 11.9. The van der Waals surface area contributed by atoms with Crippen LogP contribution in [0.2, 0.25) is 0 Å². The van der Waals surface area contributed by atoms with Crippen LogP contribution in [-0.2, 0) is 16.3 Å². The number of rotatable bonds is 4. The van der Waals surface area contributed by atoms with Crippen LogP contribution in [0.25, 0.3) is 0 Å². The third-order valence-electron chi connectivity index (χ3n) is 2.27. The smallest absolute Gasteiger partial charge is 0.252 e. The van der Waals surface area contributed by atoms with Gasteiger partial charge in [0.1, 0.15) is 0 Å². The highest BCUT2D eigenvalue weighted by Crippen LogP contribution is 2.20. The molecule has 0 aliphatic rings. The summed E-state index contributed by atoms with van der Waals surface area (Å²) >= 11 is 5.33. The lowest BCUT2D eigenvalue weighted by Gasteiger charge is -2.07.